The first-order valence-corrected chi connectivity index (χ1v) is 7.32. The maximum absolute atomic E-state index is 11.4. The second-order valence-electron chi connectivity index (χ2n) is 5.09. The van der Waals surface area contributed by atoms with Crippen LogP contribution >= 0.6 is 11.6 Å². The summed E-state index contributed by atoms with van der Waals surface area (Å²) in [7, 11) is 0. The molecule has 0 heterocycles. The SMILES string of the molecule is NC(=O)[C@@H]1CCCC[C@H]1NCC#Cc1ccc(Cl)cc1. The molecule has 1 aromatic carbocycles. The summed E-state index contributed by atoms with van der Waals surface area (Å²) in [6.07, 6.45) is 4.11. The Bertz CT molecular complexity index is 516. The first kappa shape index (κ1) is 14.9. The number of primary amides is 1. The minimum atomic E-state index is -0.201. The van der Waals surface area contributed by atoms with E-state index in [4.69, 9.17) is 17.3 Å². The van der Waals surface area contributed by atoms with Crippen LogP contribution in [0.1, 0.15) is 31.2 Å². The molecule has 0 saturated heterocycles. The summed E-state index contributed by atoms with van der Waals surface area (Å²) in [4.78, 5) is 11.4. The quantitative estimate of drug-likeness (QED) is 0.840. The Morgan fingerprint density at radius 1 is 1.30 bits per heavy atom. The summed E-state index contributed by atoms with van der Waals surface area (Å²) in [5.41, 5.74) is 6.38. The number of rotatable bonds is 3. The zero-order valence-electron chi connectivity index (χ0n) is 11.4. The van der Waals surface area contributed by atoms with E-state index in [1.165, 1.54) is 0 Å². The van der Waals surface area contributed by atoms with E-state index in [2.05, 4.69) is 17.2 Å². The number of carbonyl (C=O) groups is 1. The minimum absolute atomic E-state index is 0.0546. The first-order chi connectivity index (χ1) is 9.66. The normalized spacial score (nSPS) is 21.9. The van der Waals surface area contributed by atoms with Gasteiger partial charge < -0.3 is 11.1 Å². The van der Waals surface area contributed by atoms with Crippen molar-refractivity contribution in [2.75, 3.05) is 6.54 Å². The van der Waals surface area contributed by atoms with Gasteiger partial charge in [-0.25, -0.2) is 0 Å². The van der Waals surface area contributed by atoms with Crippen molar-refractivity contribution in [3.63, 3.8) is 0 Å². The lowest BCUT2D eigenvalue weighted by molar-refractivity contribution is -0.123. The van der Waals surface area contributed by atoms with Crippen LogP contribution in [-0.4, -0.2) is 18.5 Å². The van der Waals surface area contributed by atoms with Crippen LogP contribution < -0.4 is 11.1 Å². The Morgan fingerprint density at radius 3 is 2.70 bits per heavy atom. The van der Waals surface area contributed by atoms with Gasteiger partial charge in [-0.3, -0.25) is 4.79 Å². The van der Waals surface area contributed by atoms with E-state index < -0.39 is 0 Å². The molecule has 2 atom stereocenters. The van der Waals surface area contributed by atoms with E-state index in [1.807, 2.05) is 24.3 Å². The molecule has 0 unspecified atom stereocenters. The molecule has 1 amide bonds. The Morgan fingerprint density at radius 2 is 2.00 bits per heavy atom. The van der Waals surface area contributed by atoms with Crippen LogP contribution in [0.5, 0.6) is 0 Å². The van der Waals surface area contributed by atoms with Crippen LogP contribution in [0.4, 0.5) is 0 Å². The number of amides is 1. The third kappa shape index (κ3) is 4.26. The molecule has 3 nitrogen and oxygen atoms in total. The highest BCUT2D eigenvalue weighted by Gasteiger charge is 2.28. The van der Waals surface area contributed by atoms with Gasteiger partial charge in [0.1, 0.15) is 0 Å². The van der Waals surface area contributed by atoms with Gasteiger partial charge in [-0.05, 0) is 37.1 Å². The Labute approximate surface area is 124 Å². The second-order valence-corrected chi connectivity index (χ2v) is 5.53. The largest absolute Gasteiger partial charge is 0.369 e. The van der Waals surface area contributed by atoms with Crippen LogP contribution in [0, 0.1) is 17.8 Å². The highest BCUT2D eigenvalue weighted by molar-refractivity contribution is 6.30. The van der Waals surface area contributed by atoms with Crippen LogP contribution in [-0.2, 0) is 4.79 Å². The number of carbonyl (C=O) groups excluding carboxylic acids is 1. The third-order valence-corrected chi connectivity index (χ3v) is 3.91. The number of hydrogen-bond acceptors (Lipinski definition) is 2. The Balaban J connectivity index is 1.86. The lowest BCUT2D eigenvalue weighted by atomic mass is 9.84. The molecule has 0 radical (unpaired) electrons. The van der Waals surface area contributed by atoms with Gasteiger partial charge in [-0.15, -0.1) is 0 Å². The lowest BCUT2D eigenvalue weighted by Gasteiger charge is -2.29. The van der Waals surface area contributed by atoms with Crippen LogP contribution in [0.2, 0.25) is 5.02 Å². The third-order valence-electron chi connectivity index (χ3n) is 3.66. The standard InChI is InChI=1S/C16H19ClN2O/c17-13-9-7-12(8-10-13)4-3-11-19-15-6-2-1-5-14(15)16(18)20/h7-10,14-15,19H,1-2,5-6,11H2,(H2,18,20)/t14-,15-/m1/s1. The van der Waals surface area contributed by atoms with Crippen molar-refractivity contribution in [2.45, 2.75) is 31.7 Å². The van der Waals surface area contributed by atoms with Crippen LogP contribution in [0.3, 0.4) is 0 Å². The predicted molar refractivity (Wildman–Crippen MR) is 81.3 cm³/mol. The first-order valence-electron chi connectivity index (χ1n) is 6.94. The summed E-state index contributed by atoms with van der Waals surface area (Å²) in [6, 6.07) is 7.59. The highest BCUT2D eigenvalue weighted by atomic mass is 35.5. The maximum Gasteiger partial charge on any atom is 0.222 e. The number of nitrogens with one attached hydrogen (secondary N) is 1. The van der Waals surface area contributed by atoms with Gasteiger partial charge in [0.05, 0.1) is 12.5 Å². The van der Waals surface area contributed by atoms with Gasteiger partial charge in [0.25, 0.3) is 0 Å². The molecule has 0 spiro atoms. The fourth-order valence-corrected chi connectivity index (χ4v) is 2.70. The van der Waals surface area contributed by atoms with Crippen molar-refractivity contribution >= 4 is 17.5 Å². The zero-order chi connectivity index (χ0) is 14.4. The second kappa shape index (κ2) is 7.33. The lowest BCUT2D eigenvalue weighted by Crippen LogP contribution is -2.44. The molecule has 1 aliphatic rings. The van der Waals surface area contributed by atoms with Crippen molar-refractivity contribution in [2.24, 2.45) is 11.7 Å². The summed E-state index contributed by atoms with van der Waals surface area (Å²) in [5, 5.41) is 4.04. The van der Waals surface area contributed by atoms with Gasteiger partial charge in [-0.2, -0.15) is 0 Å². The molecular formula is C16H19ClN2O. The van der Waals surface area contributed by atoms with Crippen LogP contribution in [0.25, 0.3) is 0 Å². The smallest absolute Gasteiger partial charge is 0.222 e. The van der Waals surface area contributed by atoms with Crippen molar-refractivity contribution in [3.8, 4) is 11.8 Å². The average Bonchev–Trinajstić information content (AvgIpc) is 2.46. The van der Waals surface area contributed by atoms with Gasteiger partial charge in [0.15, 0.2) is 0 Å². The van der Waals surface area contributed by atoms with Gasteiger partial charge in [-0.1, -0.05) is 36.3 Å². The van der Waals surface area contributed by atoms with Crippen molar-refractivity contribution in [3.05, 3.63) is 34.9 Å². The highest BCUT2D eigenvalue weighted by Crippen LogP contribution is 2.23. The zero-order valence-corrected chi connectivity index (χ0v) is 12.1. The Hall–Kier alpha value is -1.50. The molecule has 20 heavy (non-hydrogen) atoms. The molecule has 0 aliphatic heterocycles. The van der Waals surface area contributed by atoms with Crippen LogP contribution in [0.15, 0.2) is 24.3 Å². The summed E-state index contributed by atoms with van der Waals surface area (Å²) >= 11 is 5.82. The summed E-state index contributed by atoms with van der Waals surface area (Å²) < 4.78 is 0. The minimum Gasteiger partial charge on any atom is -0.369 e. The van der Waals surface area contributed by atoms with E-state index in [1.54, 1.807) is 0 Å². The van der Waals surface area contributed by atoms with Gasteiger partial charge in [0, 0.05) is 16.6 Å². The topological polar surface area (TPSA) is 55.1 Å². The molecule has 2 rings (SSSR count). The molecule has 3 N–H and O–H groups in total. The van der Waals surface area contributed by atoms with E-state index in [0.29, 0.717) is 11.6 Å². The molecular weight excluding hydrogens is 272 g/mol. The molecule has 4 heteroatoms. The summed E-state index contributed by atoms with van der Waals surface area (Å²) in [6.45, 7) is 0.567. The number of halogens is 1. The van der Waals surface area contributed by atoms with Crippen molar-refractivity contribution < 1.29 is 4.79 Å². The Kier molecular flexibility index (Phi) is 5.46. The molecule has 1 fully saturated rings. The van der Waals surface area contributed by atoms with Crippen molar-refractivity contribution in [1.82, 2.24) is 5.32 Å². The molecule has 0 bridgehead atoms. The van der Waals surface area contributed by atoms with E-state index >= 15 is 0 Å². The van der Waals surface area contributed by atoms with E-state index in [9.17, 15) is 4.79 Å². The van der Waals surface area contributed by atoms with E-state index in [0.717, 1.165) is 31.2 Å². The van der Waals surface area contributed by atoms with E-state index in [-0.39, 0.29) is 17.9 Å². The molecule has 1 saturated carbocycles. The summed E-state index contributed by atoms with van der Waals surface area (Å²) in [5.74, 6) is 5.88. The average molecular weight is 291 g/mol. The number of benzene rings is 1. The predicted octanol–water partition coefficient (Wildman–Crippen LogP) is 2.33. The van der Waals surface area contributed by atoms with Gasteiger partial charge >= 0.3 is 0 Å². The number of hydrogen-bond donors (Lipinski definition) is 2. The van der Waals surface area contributed by atoms with Crippen molar-refractivity contribution in [1.29, 1.82) is 0 Å². The molecule has 1 aliphatic carbocycles. The monoisotopic (exact) mass is 290 g/mol. The molecule has 106 valence electrons. The fraction of sp³-hybridized carbons (Fsp3) is 0.438. The number of nitrogens with two attached hydrogens (primary N) is 1. The van der Waals surface area contributed by atoms with Gasteiger partial charge in [0.2, 0.25) is 5.91 Å². The maximum atomic E-state index is 11.4. The molecule has 1 aromatic rings. The fourth-order valence-electron chi connectivity index (χ4n) is 2.58. The molecule has 0 aromatic heterocycles.